The zero-order valence-electron chi connectivity index (χ0n) is 7.94. The van der Waals surface area contributed by atoms with Gasteiger partial charge in [0.05, 0.1) is 5.02 Å². The van der Waals surface area contributed by atoms with Crippen LogP contribution in [0.4, 0.5) is 0 Å². The maximum absolute atomic E-state index is 5.93. The maximum atomic E-state index is 5.93. The molecule has 15 heavy (non-hydrogen) atoms. The summed E-state index contributed by atoms with van der Waals surface area (Å²) in [5.41, 5.74) is 1.78. The van der Waals surface area contributed by atoms with E-state index in [1.807, 2.05) is 30.3 Å². The molecule has 1 heterocycles. The molecule has 1 aromatic heterocycles. The van der Waals surface area contributed by atoms with E-state index in [-0.39, 0.29) is 0 Å². The average molecular weight is 214 g/mol. The molecule has 2 rings (SSSR count). The highest BCUT2D eigenvalue weighted by molar-refractivity contribution is 6.31. The third-order valence-electron chi connectivity index (χ3n) is 1.89. The SMILES string of the molecule is Clc1cnccc1C#Cc1ccccc1. The Labute approximate surface area is 93.7 Å². The molecule has 72 valence electrons. The average Bonchev–Trinajstić information content (AvgIpc) is 2.29. The van der Waals surface area contributed by atoms with Gasteiger partial charge in [-0.25, -0.2) is 0 Å². The quantitative estimate of drug-likeness (QED) is 0.613. The van der Waals surface area contributed by atoms with Gasteiger partial charge in [-0.15, -0.1) is 0 Å². The highest BCUT2D eigenvalue weighted by Crippen LogP contribution is 2.11. The van der Waals surface area contributed by atoms with Gasteiger partial charge in [0.25, 0.3) is 0 Å². The van der Waals surface area contributed by atoms with Crippen LogP contribution in [0.15, 0.2) is 48.8 Å². The molecule has 0 aliphatic carbocycles. The highest BCUT2D eigenvalue weighted by atomic mass is 35.5. The molecule has 1 nitrogen and oxygen atoms in total. The predicted octanol–water partition coefficient (Wildman–Crippen LogP) is 3.13. The minimum atomic E-state index is 0.584. The van der Waals surface area contributed by atoms with Crippen molar-refractivity contribution in [1.82, 2.24) is 4.98 Å². The lowest BCUT2D eigenvalue weighted by molar-refractivity contribution is 1.32. The molecule has 0 saturated heterocycles. The zero-order valence-corrected chi connectivity index (χ0v) is 8.70. The number of rotatable bonds is 0. The largest absolute Gasteiger partial charge is 0.263 e. The summed E-state index contributed by atoms with van der Waals surface area (Å²) in [5, 5.41) is 0.584. The van der Waals surface area contributed by atoms with E-state index in [2.05, 4.69) is 16.8 Å². The molecular weight excluding hydrogens is 206 g/mol. The van der Waals surface area contributed by atoms with Crippen LogP contribution in [-0.4, -0.2) is 4.98 Å². The van der Waals surface area contributed by atoms with Crippen LogP contribution < -0.4 is 0 Å². The second kappa shape index (κ2) is 4.63. The van der Waals surface area contributed by atoms with Crippen LogP contribution >= 0.6 is 11.6 Å². The Hall–Kier alpha value is -1.78. The first-order chi connectivity index (χ1) is 7.36. The standard InChI is InChI=1S/C13H8ClN/c14-13-10-15-9-8-12(13)7-6-11-4-2-1-3-5-11/h1-5,8-10H. The lowest BCUT2D eigenvalue weighted by Crippen LogP contribution is -1.79. The molecule has 0 amide bonds. The van der Waals surface area contributed by atoms with Crippen molar-refractivity contribution in [2.75, 3.05) is 0 Å². The smallest absolute Gasteiger partial charge is 0.0745 e. The zero-order chi connectivity index (χ0) is 10.5. The lowest BCUT2D eigenvalue weighted by Gasteiger charge is -1.92. The Balaban J connectivity index is 2.31. The summed E-state index contributed by atoms with van der Waals surface area (Å²) in [6.07, 6.45) is 3.28. The summed E-state index contributed by atoms with van der Waals surface area (Å²) in [6.45, 7) is 0. The first-order valence-corrected chi connectivity index (χ1v) is 4.90. The predicted molar refractivity (Wildman–Crippen MR) is 61.7 cm³/mol. The summed E-state index contributed by atoms with van der Waals surface area (Å²) in [7, 11) is 0. The Morgan fingerprint density at radius 3 is 2.53 bits per heavy atom. The third-order valence-corrected chi connectivity index (χ3v) is 2.19. The van der Waals surface area contributed by atoms with Crippen LogP contribution in [0, 0.1) is 11.8 Å². The first-order valence-electron chi connectivity index (χ1n) is 4.53. The maximum Gasteiger partial charge on any atom is 0.0745 e. The van der Waals surface area contributed by atoms with Gasteiger partial charge >= 0.3 is 0 Å². The van der Waals surface area contributed by atoms with E-state index < -0.39 is 0 Å². The topological polar surface area (TPSA) is 12.9 Å². The number of nitrogens with zero attached hydrogens (tertiary/aromatic N) is 1. The Morgan fingerprint density at radius 1 is 1.00 bits per heavy atom. The van der Waals surface area contributed by atoms with Crippen molar-refractivity contribution in [3.05, 3.63) is 64.9 Å². The first kappa shape index (κ1) is 9.76. The molecule has 0 radical (unpaired) electrons. The molecule has 0 saturated carbocycles. The Bertz CT molecular complexity index is 509. The van der Waals surface area contributed by atoms with Crippen molar-refractivity contribution in [2.45, 2.75) is 0 Å². The Kier molecular flexibility index (Phi) is 3.02. The second-order valence-electron chi connectivity index (χ2n) is 2.97. The van der Waals surface area contributed by atoms with Gasteiger partial charge in [0.1, 0.15) is 0 Å². The number of hydrogen-bond donors (Lipinski definition) is 0. The molecule has 1 aromatic carbocycles. The second-order valence-corrected chi connectivity index (χ2v) is 3.38. The van der Waals surface area contributed by atoms with Gasteiger partial charge in [0.15, 0.2) is 0 Å². The van der Waals surface area contributed by atoms with Gasteiger partial charge < -0.3 is 0 Å². The van der Waals surface area contributed by atoms with Crippen molar-refractivity contribution < 1.29 is 0 Å². The minimum Gasteiger partial charge on any atom is -0.263 e. The minimum absolute atomic E-state index is 0.584. The van der Waals surface area contributed by atoms with Gasteiger partial charge in [0.2, 0.25) is 0 Å². The van der Waals surface area contributed by atoms with Crippen molar-refractivity contribution in [2.24, 2.45) is 0 Å². The summed E-state index contributed by atoms with van der Waals surface area (Å²) >= 11 is 5.93. The van der Waals surface area contributed by atoms with Gasteiger partial charge in [-0.3, -0.25) is 4.98 Å². The number of benzene rings is 1. The fraction of sp³-hybridized carbons (Fsp3) is 0. The molecule has 0 atom stereocenters. The molecule has 0 spiro atoms. The Morgan fingerprint density at radius 2 is 1.80 bits per heavy atom. The van der Waals surface area contributed by atoms with Crippen LogP contribution in [0.25, 0.3) is 0 Å². The van der Waals surface area contributed by atoms with E-state index >= 15 is 0 Å². The van der Waals surface area contributed by atoms with Crippen LogP contribution in [0.5, 0.6) is 0 Å². The number of aromatic nitrogens is 1. The summed E-state index contributed by atoms with van der Waals surface area (Å²) in [4.78, 5) is 3.90. The molecule has 0 N–H and O–H groups in total. The van der Waals surface area contributed by atoms with Gasteiger partial charge in [0, 0.05) is 23.5 Å². The highest BCUT2D eigenvalue weighted by Gasteiger charge is 1.93. The fourth-order valence-electron chi connectivity index (χ4n) is 1.14. The molecule has 0 aliphatic rings. The van der Waals surface area contributed by atoms with Crippen molar-refractivity contribution >= 4 is 11.6 Å². The third kappa shape index (κ3) is 2.59. The van der Waals surface area contributed by atoms with Crippen LogP contribution in [-0.2, 0) is 0 Å². The lowest BCUT2D eigenvalue weighted by atomic mass is 10.2. The van der Waals surface area contributed by atoms with Crippen molar-refractivity contribution in [3.63, 3.8) is 0 Å². The normalized spacial score (nSPS) is 9.13. The molecule has 2 heteroatoms. The van der Waals surface area contributed by atoms with E-state index in [1.54, 1.807) is 18.5 Å². The van der Waals surface area contributed by atoms with Gasteiger partial charge in [-0.05, 0) is 18.2 Å². The van der Waals surface area contributed by atoms with Crippen LogP contribution in [0.2, 0.25) is 5.02 Å². The van der Waals surface area contributed by atoms with Gasteiger partial charge in [-0.1, -0.05) is 41.6 Å². The van der Waals surface area contributed by atoms with E-state index in [1.165, 1.54) is 0 Å². The monoisotopic (exact) mass is 213 g/mol. The van der Waals surface area contributed by atoms with Crippen molar-refractivity contribution in [3.8, 4) is 11.8 Å². The van der Waals surface area contributed by atoms with Gasteiger partial charge in [-0.2, -0.15) is 0 Å². The molecule has 0 unspecified atom stereocenters. The summed E-state index contributed by atoms with van der Waals surface area (Å²) in [6, 6.07) is 11.6. The van der Waals surface area contributed by atoms with E-state index in [0.29, 0.717) is 5.02 Å². The van der Waals surface area contributed by atoms with Crippen molar-refractivity contribution in [1.29, 1.82) is 0 Å². The van der Waals surface area contributed by atoms with Crippen LogP contribution in [0.3, 0.4) is 0 Å². The van der Waals surface area contributed by atoms with E-state index in [4.69, 9.17) is 11.6 Å². The molecule has 0 fully saturated rings. The van der Waals surface area contributed by atoms with E-state index in [0.717, 1.165) is 11.1 Å². The fourth-order valence-corrected chi connectivity index (χ4v) is 1.30. The van der Waals surface area contributed by atoms with E-state index in [9.17, 15) is 0 Å². The molecule has 0 bridgehead atoms. The molecule has 2 aromatic rings. The summed E-state index contributed by atoms with van der Waals surface area (Å²) < 4.78 is 0. The molecule has 0 aliphatic heterocycles. The van der Waals surface area contributed by atoms with Crippen LogP contribution in [0.1, 0.15) is 11.1 Å². The number of pyridine rings is 1. The summed E-state index contributed by atoms with van der Waals surface area (Å²) in [5.74, 6) is 6.05. The number of hydrogen-bond acceptors (Lipinski definition) is 1. The molecular formula is C13H8ClN. The number of halogens is 1.